The molecular formula is C44H63NO7. The number of fused-ring (bicyclic) bond motifs is 7. The molecular weight excluding hydrogens is 654 g/mol. The van der Waals surface area contributed by atoms with Gasteiger partial charge in [-0.1, -0.05) is 83.0 Å². The van der Waals surface area contributed by atoms with Gasteiger partial charge in [0.25, 0.3) is 0 Å². The van der Waals surface area contributed by atoms with Crippen LogP contribution < -0.4 is 5.32 Å². The van der Waals surface area contributed by atoms with Crippen LogP contribution in [0.1, 0.15) is 131 Å². The highest BCUT2D eigenvalue weighted by atomic mass is 16.6. The first-order valence-electron chi connectivity index (χ1n) is 19.7. The molecule has 0 heterocycles. The van der Waals surface area contributed by atoms with E-state index < -0.39 is 35.0 Å². The summed E-state index contributed by atoms with van der Waals surface area (Å²) in [5.41, 5.74) is 2.23. The maximum absolute atomic E-state index is 14.5. The number of nitrogens with one attached hydrogen (secondary N) is 1. The van der Waals surface area contributed by atoms with Gasteiger partial charge in [0.05, 0.1) is 5.41 Å². The third-order valence-corrected chi connectivity index (χ3v) is 15.6. The van der Waals surface area contributed by atoms with Crippen LogP contribution in [0.25, 0.3) is 0 Å². The minimum Gasteiger partial charge on any atom is -0.465 e. The summed E-state index contributed by atoms with van der Waals surface area (Å²) in [7, 11) is 0. The lowest BCUT2D eigenvalue weighted by Gasteiger charge is -2.71. The van der Waals surface area contributed by atoms with Crippen LogP contribution in [0.15, 0.2) is 35.9 Å². The lowest BCUT2D eigenvalue weighted by molar-refractivity contribution is -0.255. The smallest absolute Gasteiger partial charge is 0.303 e. The molecule has 4 saturated carbocycles. The molecule has 0 aliphatic heterocycles. The first kappa shape index (κ1) is 38.6. The molecule has 0 saturated heterocycles. The highest BCUT2D eigenvalue weighted by Crippen LogP contribution is 2.76. The minimum atomic E-state index is -0.763. The SMILES string of the molecule is CC(=O)OC[C@@]1(C)C2CC[C@]3(C)C(CC=C4C5CC(C)(C)CC[C@]5(C(=O)NCc5ccc(C)cc5)CC[C@]43C)[C@@]2(C)C[C@@H](OC(C)=O)[C@@H]1OC(C)=O. The van der Waals surface area contributed by atoms with Crippen molar-refractivity contribution in [2.75, 3.05) is 6.61 Å². The van der Waals surface area contributed by atoms with Gasteiger partial charge in [0.15, 0.2) is 0 Å². The summed E-state index contributed by atoms with van der Waals surface area (Å²) in [6, 6.07) is 8.43. The molecule has 0 bridgehead atoms. The van der Waals surface area contributed by atoms with Crippen molar-refractivity contribution in [1.29, 1.82) is 0 Å². The van der Waals surface area contributed by atoms with Gasteiger partial charge in [0.1, 0.15) is 18.8 Å². The van der Waals surface area contributed by atoms with Crippen molar-refractivity contribution in [2.24, 2.45) is 50.2 Å². The topological polar surface area (TPSA) is 108 Å². The fraction of sp³-hybridized carbons (Fsp3) is 0.727. The number of hydrogen-bond acceptors (Lipinski definition) is 7. The van der Waals surface area contributed by atoms with E-state index in [4.69, 9.17) is 14.2 Å². The van der Waals surface area contributed by atoms with Gasteiger partial charge in [0, 0.05) is 32.7 Å². The van der Waals surface area contributed by atoms with E-state index in [2.05, 4.69) is 84.1 Å². The summed E-state index contributed by atoms with van der Waals surface area (Å²) < 4.78 is 17.8. The van der Waals surface area contributed by atoms with E-state index in [-0.39, 0.29) is 57.9 Å². The molecule has 1 aromatic rings. The molecule has 8 heteroatoms. The predicted octanol–water partition coefficient (Wildman–Crippen LogP) is 8.43. The van der Waals surface area contributed by atoms with Gasteiger partial charge in [-0.05, 0) is 110 Å². The molecule has 8 nitrogen and oxygen atoms in total. The Balaban J connectivity index is 1.39. The molecule has 0 spiro atoms. The Morgan fingerprint density at radius 3 is 2.08 bits per heavy atom. The Bertz CT molecular complexity index is 1630. The molecule has 0 radical (unpaired) electrons. The number of benzene rings is 1. The van der Waals surface area contributed by atoms with Gasteiger partial charge in [-0.3, -0.25) is 19.2 Å². The van der Waals surface area contributed by atoms with Crippen molar-refractivity contribution in [2.45, 2.75) is 146 Å². The molecule has 286 valence electrons. The number of rotatable bonds is 7. The van der Waals surface area contributed by atoms with Crippen LogP contribution in [0.5, 0.6) is 0 Å². The van der Waals surface area contributed by atoms with Crippen LogP contribution in [-0.4, -0.2) is 42.6 Å². The number of amides is 1. The molecule has 3 unspecified atom stereocenters. The number of carbonyl (C=O) groups is 4. The average molecular weight is 718 g/mol. The second-order valence-electron chi connectivity index (χ2n) is 19.2. The van der Waals surface area contributed by atoms with Crippen molar-refractivity contribution in [1.82, 2.24) is 5.32 Å². The molecule has 1 N–H and O–H groups in total. The summed E-state index contributed by atoms with van der Waals surface area (Å²) in [6.07, 6.45) is 9.10. The molecule has 4 fully saturated rings. The Kier molecular flexibility index (Phi) is 9.86. The number of ether oxygens (including phenoxy) is 3. The van der Waals surface area contributed by atoms with Gasteiger partial charge in [-0.25, -0.2) is 0 Å². The van der Waals surface area contributed by atoms with Crippen molar-refractivity contribution < 1.29 is 33.4 Å². The molecule has 5 aliphatic rings. The predicted molar refractivity (Wildman–Crippen MR) is 200 cm³/mol. The quantitative estimate of drug-likeness (QED) is 0.171. The monoisotopic (exact) mass is 717 g/mol. The van der Waals surface area contributed by atoms with Gasteiger partial charge >= 0.3 is 17.9 Å². The molecule has 6 rings (SSSR count). The van der Waals surface area contributed by atoms with E-state index in [0.717, 1.165) is 56.9 Å². The second kappa shape index (κ2) is 13.3. The van der Waals surface area contributed by atoms with Gasteiger partial charge in [0.2, 0.25) is 5.91 Å². The molecule has 5 aliphatic carbocycles. The van der Waals surface area contributed by atoms with Crippen molar-refractivity contribution >= 4 is 23.8 Å². The second-order valence-corrected chi connectivity index (χ2v) is 19.2. The fourth-order valence-corrected chi connectivity index (χ4v) is 12.8. The van der Waals surface area contributed by atoms with Crippen molar-refractivity contribution in [3.05, 3.63) is 47.0 Å². The fourth-order valence-electron chi connectivity index (χ4n) is 12.8. The van der Waals surface area contributed by atoms with Crippen LogP contribution in [0.3, 0.4) is 0 Å². The Morgan fingerprint density at radius 2 is 1.44 bits per heavy atom. The highest BCUT2D eigenvalue weighted by Gasteiger charge is 2.71. The first-order chi connectivity index (χ1) is 24.2. The Labute approximate surface area is 311 Å². The van der Waals surface area contributed by atoms with Crippen LogP contribution in [-0.2, 0) is 39.9 Å². The number of esters is 3. The average Bonchev–Trinajstić information content (AvgIpc) is 3.05. The number of carbonyl (C=O) groups excluding carboxylic acids is 4. The normalized spacial score (nSPS) is 40.3. The number of aryl methyl sites for hydroxylation is 1. The summed E-state index contributed by atoms with van der Waals surface area (Å²) in [5.74, 6) is -0.591. The number of hydrogen-bond donors (Lipinski definition) is 1. The summed E-state index contributed by atoms with van der Waals surface area (Å²) >= 11 is 0. The van der Waals surface area contributed by atoms with Crippen LogP contribution in [0.4, 0.5) is 0 Å². The van der Waals surface area contributed by atoms with Gasteiger partial charge < -0.3 is 19.5 Å². The zero-order valence-electron chi connectivity index (χ0n) is 33.4. The molecule has 10 atom stereocenters. The minimum absolute atomic E-state index is 0.0518. The van der Waals surface area contributed by atoms with E-state index >= 15 is 0 Å². The van der Waals surface area contributed by atoms with Gasteiger partial charge in [-0.2, -0.15) is 0 Å². The zero-order chi connectivity index (χ0) is 38.1. The maximum Gasteiger partial charge on any atom is 0.303 e. The van der Waals surface area contributed by atoms with Crippen LogP contribution >= 0.6 is 0 Å². The Hall–Kier alpha value is -3.16. The standard InChI is InChI=1S/C44H63NO7/c1-27-11-13-31(14-12-27)25-45-38(49)44-21-19-39(5,6)23-33(44)32-15-16-36-40(7)24-34(51-29(3)47)37(52-30(4)48)41(8,26-50-28(2)46)35(40)17-18-43(36,10)42(32,9)20-22-44/h11-15,33-37H,16-26H2,1-10H3,(H,45,49)/t33?,34-,35?,36?,37+,40+,41+,42-,43-,44+/m1/s1. The van der Waals surface area contributed by atoms with Gasteiger partial charge in [-0.15, -0.1) is 0 Å². The van der Waals surface area contributed by atoms with E-state index in [1.165, 1.54) is 31.9 Å². The zero-order valence-corrected chi connectivity index (χ0v) is 33.4. The van der Waals surface area contributed by atoms with E-state index in [1.807, 2.05) is 0 Å². The molecule has 0 aromatic heterocycles. The van der Waals surface area contributed by atoms with E-state index in [9.17, 15) is 19.2 Å². The van der Waals surface area contributed by atoms with Crippen LogP contribution in [0.2, 0.25) is 0 Å². The molecule has 52 heavy (non-hydrogen) atoms. The maximum atomic E-state index is 14.5. The first-order valence-corrected chi connectivity index (χ1v) is 19.7. The third-order valence-electron chi connectivity index (χ3n) is 15.6. The Morgan fingerprint density at radius 1 is 0.788 bits per heavy atom. The largest absolute Gasteiger partial charge is 0.465 e. The highest BCUT2D eigenvalue weighted by molar-refractivity contribution is 5.84. The third kappa shape index (κ3) is 6.22. The van der Waals surface area contributed by atoms with E-state index in [0.29, 0.717) is 13.0 Å². The lowest BCUT2D eigenvalue weighted by atomic mass is 9.33. The summed E-state index contributed by atoms with van der Waals surface area (Å²) in [4.78, 5) is 51.9. The number of allylic oxidation sites excluding steroid dienone is 2. The summed E-state index contributed by atoms with van der Waals surface area (Å²) in [5, 5.41) is 3.41. The van der Waals surface area contributed by atoms with Crippen molar-refractivity contribution in [3.63, 3.8) is 0 Å². The van der Waals surface area contributed by atoms with E-state index in [1.54, 1.807) is 0 Å². The van der Waals surface area contributed by atoms with Crippen LogP contribution in [0, 0.1) is 57.2 Å². The molecule has 1 aromatic carbocycles. The lowest BCUT2D eigenvalue weighted by Crippen LogP contribution is -2.69. The summed E-state index contributed by atoms with van der Waals surface area (Å²) in [6.45, 7) is 21.0. The van der Waals surface area contributed by atoms with Crippen molar-refractivity contribution in [3.8, 4) is 0 Å². The molecule has 1 amide bonds.